The van der Waals surface area contributed by atoms with Gasteiger partial charge in [-0.3, -0.25) is 0 Å². The molecule has 0 saturated heterocycles. The van der Waals surface area contributed by atoms with Crippen LogP contribution in [-0.4, -0.2) is 19.6 Å². The molecule has 0 aliphatic carbocycles. The van der Waals surface area contributed by atoms with Crippen LogP contribution in [0.15, 0.2) is 12.4 Å². The molecule has 0 spiro atoms. The van der Waals surface area contributed by atoms with Crippen LogP contribution in [0.3, 0.4) is 0 Å². The fraction of sp³-hybridized carbons (Fsp3) is 0.500. The van der Waals surface area contributed by atoms with E-state index in [1.165, 1.54) is 10.8 Å². The number of fused-ring (bicyclic) bond motifs is 1. The maximum absolute atomic E-state index is 12.9. The standard InChI is InChI=1S/C10H11ClF2N4/c1-9(2,3)8-15-7-4-6(10(11,12)13)14-5-17(7)16-8/h4-5H,1-3H3. The summed E-state index contributed by atoms with van der Waals surface area (Å²) in [6.45, 7) is 5.81. The Balaban J connectivity index is 2.56. The monoisotopic (exact) mass is 260 g/mol. The molecule has 2 rings (SSSR count). The molecule has 2 aromatic rings. The van der Waals surface area contributed by atoms with Gasteiger partial charge in [-0.1, -0.05) is 20.8 Å². The van der Waals surface area contributed by atoms with E-state index in [4.69, 9.17) is 11.6 Å². The number of hydrogen-bond acceptors (Lipinski definition) is 3. The molecule has 0 unspecified atom stereocenters. The third kappa shape index (κ3) is 2.36. The zero-order chi connectivity index (χ0) is 12.8. The molecule has 0 aromatic carbocycles. The fourth-order valence-corrected chi connectivity index (χ4v) is 1.37. The predicted molar refractivity (Wildman–Crippen MR) is 59.2 cm³/mol. The lowest BCUT2D eigenvalue weighted by Crippen LogP contribution is -2.13. The summed E-state index contributed by atoms with van der Waals surface area (Å²) in [5.74, 6) is 0.564. The first kappa shape index (κ1) is 12.2. The quantitative estimate of drug-likeness (QED) is 0.741. The molecular weight excluding hydrogens is 250 g/mol. The maximum atomic E-state index is 12.9. The van der Waals surface area contributed by atoms with Crippen LogP contribution in [0.1, 0.15) is 32.3 Å². The van der Waals surface area contributed by atoms with Crippen LogP contribution in [0.25, 0.3) is 5.65 Å². The van der Waals surface area contributed by atoms with Crippen molar-refractivity contribution in [2.24, 2.45) is 0 Å². The second-order valence-corrected chi connectivity index (χ2v) is 5.23. The van der Waals surface area contributed by atoms with Gasteiger partial charge in [-0.2, -0.15) is 8.78 Å². The summed E-state index contributed by atoms with van der Waals surface area (Å²) in [7, 11) is 0. The minimum atomic E-state index is -3.49. The Morgan fingerprint density at radius 2 is 1.94 bits per heavy atom. The highest BCUT2D eigenvalue weighted by Crippen LogP contribution is 2.31. The van der Waals surface area contributed by atoms with Crippen LogP contribution < -0.4 is 0 Å². The van der Waals surface area contributed by atoms with E-state index >= 15 is 0 Å². The van der Waals surface area contributed by atoms with Crippen molar-refractivity contribution in [2.75, 3.05) is 0 Å². The molecule has 2 aromatic heterocycles. The van der Waals surface area contributed by atoms with E-state index in [0.717, 1.165) is 6.07 Å². The molecule has 4 nitrogen and oxygen atoms in total. The van der Waals surface area contributed by atoms with Gasteiger partial charge in [0.15, 0.2) is 11.5 Å². The van der Waals surface area contributed by atoms with Crippen molar-refractivity contribution in [1.29, 1.82) is 0 Å². The third-order valence-corrected chi connectivity index (χ3v) is 2.38. The minimum Gasteiger partial charge on any atom is -0.233 e. The second-order valence-electron chi connectivity index (χ2n) is 4.76. The number of nitrogens with zero attached hydrogens (tertiary/aromatic N) is 4. The SMILES string of the molecule is CC(C)(C)c1nc2cc(C(F)(F)Cl)ncn2n1. The van der Waals surface area contributed by atoms with Gasteiger partial charge in [-0.15, -0.1) is 5.10 Å². The maximum Gasteiger partial charge on any atom is 0.364 e. The Hall–Kier alpha value is -1.30. The van der Waals surface area contributed by atoms with Gasteiger partial charge in [0.25, 0.3) is 0 Å². The summed E-state index contributed by atoms with van der Waals surface area (Å²) in [6, 6.07) is 1.13. The zero-order valence-electron chi connectivity index (χ0n) is 9.58. The van der Waals surface area contributed by atoms with Gasteiger partial charge < -0.3 is 0 Å². The summed E-state index contributed by atoms with van der Waals surface area (Å²) in [6.07, 6.45) is 1.18. The summed E-state index contributed by atoms with van der Waals surface area (Å²) in [5, 5.41) is 0.672. The summed E-state index contributed by atoms with van der Waals surface area (Å²) >= 11 is 4.90. The Morgan fingerprint density at radius 3 is 2.47 bits per heavy atom. The van der Waals surface area contributed by atoms with E-state index in [-0.39, 0.29) is 5.41 Å². The van der Waals surface area contributed by atoms with Gasteiger partial charge in [0, 0.05) is 11.5 Å². The van der Waals surface area contributed by atoms with Crippen LogP contribution in [-0.2, 0) is 10.8 Å². The first-order valence-electron chi connectivity index (χ1n) is 4.98. The molecule has 0 aliphatic rings. The van der Waals surface area contributed by atoms with Crippen molar-refractivity contribution in [2.45, 2.75) is 31.6 Å². The first-order valence-corrected chi connectivity index (χ1v) is 5.36. The molecule has 0 N–H and O–H groups in total. The fourth-order valence-electron chi connectivity index (χ4n) is 1.27. The van der Waals surface area contributed by atoms with Crippen LogP contribution >= 0.6 is 11.6 Å². The van der Waals surface area contributed by atoms with Crippen LogP contribution in [0.5, 0.6) is 0 Å². The Kier molecular flexibility index (Phi) is 2.57. The van der Waals surface area contributed by atoms with Gasteiger partial charge in [0.2, 0.25) is 0 Å². The molecular formula is C10H11ClF2N4. The summed E-state index contributed by atoms with van der Waals surface area (Å²) in [5.41, 5.74) is -0.477. The zero-order valence-corrected chi connectivity index (χ0v) is 10.3. The third-order valence-electron chi connectivity index (χ3n) is 2.19. The van der Waals surface area contributed by atoms with E-state index in [2.05, 4.69) is 15.1 Å². The smallest absolute Gasteiger partial charge is 0.233 e. The summed E-state index contributed by atoms with van der Waals surface area (Å²) in [4.78, 5) is 7.73. The van der Waals surface area contributed by atoms with Gasteiger partial charge in [-0.25, -0.2) is 14.5 Å². The average molecular weight is 261 g/mol. The molecule has 0 amide bonds. The molecule has 17 heavy (non-hydrogen) atoms. The Labute approximate surface area is 102 Å². The lowest BCUT2D eigenvalue weighted by Gasteiger charge is -2.11. The topological polar surface area (TPSA) is 43.1 Å². The molecule has 2 heterocycles. The molecule has 0 atom stereocenters. The van der Waals surface area contributed by atoms with E-state index < -0.39 is 11.1 Å². The van der Waals surface area contributed by atoms with Crippen molar-refractivity contribution in [3.63, 3.8) is 0 Å². The second kappa shape index (κ2) is 3.60. The molecule has 0 saturated carbocycles. The predicted octanol–water partition coefficient (Wildman–Crippen LogP) is 2.71. The van der Waals surface area contributed by atoms with Gasteiger partial charge in [0.1, 0.15) is 12.0 Å². The van der Waals surface area contributed by atoms with Crippen molar-refractivity contribution in [1.82, 2.24) is 19.6 Å². The van der Waals surface area contributed by atoms with Crippen LogP contribution in [0.2, 0.25) is 0 Å². The van der Waals surface area contributed by atoms with Gasteiger partial charge in [-0.05, 0) is 11.6 Å². The van der Waals surface area contributed by atoms with Gasteiger partial charge in [0.05, 0.1) is 0 Å². The van der Waals surface area contributed by atoms with Crippen molar-refractivity contribution < 1.29 is 8.78 Å². The van der Waals surface area contributed by atoms with E-state index in [9.17, 15) is 8.78 Å². The average Bonchev–Trinajstić information content (AvgIpc) is 2.57. The van der Waals surface area contributed by atoms with E-state index in [0.29, 0.717) is 11.5 Å². The lowest BCUT2D eigenvalue weighted by atomic mass is 9.96. The number of aromatic nitrogens is 4. The van der Waals surface area contributed by atoms with Crippen molar-refractivity contribution in [3.8, 4) is 0 Å². The molecule has 0 bridgehead atoms. The summed E-state index contributed by atoms with van der Waals surface area (Å²) < 4.78 is 27.1. The lowest BCUT2D eigenvalue weighted by molar-refractivity contribution is 0.0899. The normalized spacial score (nSPS) is 13.3. The highest BCUT2D eigenvalue weighted by Gasteiger charge is 2.30. The highest BCUT2D eigenvalue weighted by molar-refractivity contribution is 6.21. The highest BCUT2D eigenvalue weighted by atomic mass is 35.5. The molecule has 0 aliphatic heterocycles. The first-order chi connectivity index (χ1) is 7.68. The van der Waals surface area contributed by atoms with E-state index in [1.807, 2.05) is 20.8 Å². The number of hydrogen-bond donors (Lipinski definition) is 0. The number of halogens is 3. The Morgan fingerprint density at radius 1 is 1.29 bits per heavy atom. The van der Waals surface area contributed by atoms with Crippen LogP contribution in [0.4, 0.5) is 8.78 Å². The molecule has 0 radical (unpaired) electrons. The van der Waals surface area contributed by atoms with Crippen molar-refractivity contribution >= 4 is 17.2 Å². The Bertz CT molecular complexity index is 541. The van der Waals surface area contributed by atoms with Gasteiger partial charge >= 0.3 is 5.38 Å². The molecule has 0 fully saturated rings. The van der Waals surface area contributed by atoms with Crippen molar-refractivity contribution in [3.05, 3.63) is 23.9 Å². The van der Waals surface area contributed by atoms with E-state index in [1.54, 1.807) is 0 Å². The molecule has 92 valence electrons. The minimum absolute atomic E-state index is 0.254. The largest absolute Gasteiger partial charge is 0.364 e. The number of alkyl halides is 3. The number of rotatable bonds is 1. The van der Waals surface area contributed by atoms with Crippen LogP contribution in [0, 0.1) is 0 Å². The molecule has 7 heteroatoms.